The molecule has 2 aliphatic rings. The van der Waals surface area contributed by atoms with Gasteiger partial charge in [-0.2, -0.15) is 4.98 Å². The Bertz CT molecular complexity index is 1340. The van der Waals surface area contributed by atoms with Gasteiger partial charge >= 0.3 is 0 Å². The predicted molar refractivity (Wildman–Crippen MR) is 136 cm³/mol. The molecule has 2 aliphatic heterocycles. The molecule has 36 heavy (non-hydrogen) atoms. The number of nitrogens with one attached hydrogen (secondary N) is 2. The molecule has 4 heterocycles. The number of nitrogens with zero attached hydrogens (tertiary/aromatic N) is 4. The molecule has 8 heteroatoms. The van der Waals surface area contributed by atoms with Gasteiger partial charge in [0.2, 0.25) is 5.95 Å². The van der Waals surface area contributed by atoms with Crippen LogP contribution in [0.2, 0.25) is 0 Å². The highest BCUT2D eigenvalue weighted by molar-refractivity contribution is 5.59. The fraction of sp³-hybridized carbons (Fsp3) is 0.321. The standard InChI is InChI=1S/C28H29FN6O/c1-18(19-5-3-2-4-6-19)31-27-30-14-13-25(34-27)35-17-24(28(36)15-22-11-12-23(16-28)32-22)33-26(35)20-7-9-21(29)10-8-20/h2-10,13-14,17-18,22-23,32,36H,11-12,15-16H2,1H3,(H,30,31,34)/t18-,22-,23+,28?/m0/s1. The number of anilines is 1. The molecule has 6 rings (SSSR count). The summed E-state index contributed by atoms with van der Waals surface area (Å²) in [6, 6.07) is 18.8. The molecule has 0 radical (unpaired) electrons. The molecule has 4 aromatic rings. The first-order chi connectivity index (χ1) is 17.5. The maximum absolute atomic E-state index is 13.7. The lowest BCUT2D eigenvalue weighted by atomic mass is 9.85. The van der Waals surface area contributed by atoms with Crippen molar-refractivity contribution in [3.63, 3.8) is 0 Å². The topological polar surface area (TPSA) is 87.9 Å². The van der Waals surface area contributed by atoms with Gasteiger partial charge in [-0.15, -0.1) is 0 Å². The lowest BCUT2D eigenvalue weighted by Gasteiger charge is -2.35. The second-order valence-electron chi connectivity index (χ2n) is 9.92. The zero-order valence-corrected chi connectivity index (χ0v) is 20.1. The Labute approximate surface area is 209 Å². The van der Waals surface area contributed by atoms with Crippen molar-refractivity contribution in [1.82, 2.24) is 24.8 Å². The Morgan fingerprint density at radius 2 is 1.75 bits per heavy atom. The number of piperidine rings is 1. The van der Waals surface area contributed by atoms with Crippen molar-refractivity contribution >= 4 is 5.95 Å². The molecule has 4 atom stereocenters. The van der Waals surface area contributed by atoms with E-state index in [1.54, 1.807) is 18.3 Å². The minimum atomic E-state index is -1.02. The molecule has 0 aliphatic carbocycles. The average molecular weight is 485 g/mol. The first-order valence-corrected chi connectivity index (χ1v) is 12.5. The highest BCUT2D eigenvalue weighted by Gasteiger charge is 2.45. The van der Waals surface area contributed by atoms with E-state index in [2.05, 4.69) is 34.7 Å². The molecule has 3 N–H and O–H groups in total. The Morgan fingerprint density at radius 1 is 1.03 bits per heavy atom. The van der Waals surface area contributed by atoms with E-state index in [-0.39, 0.29) is 11.9 Å². The zero-order valence-electron chi connectivity index (χ0n) is 20.1. The quantitative estimate of drug-likeness (QED) is 0.366. The normalized spacial score (nSPS) is 24.0. The zero-order chi connectivity index (χ0) is 24.7. The minimum Gasteiger partial charge on any atom is -0.383 e. The van der Waals surface area contributed by atoms with Crippen LogP contribution in [0, 0.1) is 5.82 Å². The predicted octanol–water partition coefficient (Wildman–Crippen LogP) is 4.74. The van der Waals surface area contributed by atoms with Gasteiger partial charge in [0.1, 0.15) is 23.1 Å². The molecule has 0 spiro atoms. The molecule has 0 amide bonds. The van der Waals surface area contributed by atoms with E-state index in [1.165, 1.54) is 12.1 Å². The van der Waals surface area contributed by atoms with Crippen molar-refractivity contribution < 1.29 is 9.50 Å². The van der Waals surface area contributed by atoms with Gasteiger partial charge in [0, 0.05) is 30.0 Å². The van der Waals surface area contributed by atoms with Gasteiger partial charge in [0.15, 0.2) is 0 Å². The molecule has 184 valence electrons. The first-order valence-electron chi connectivity index (χ1n) is 12.5. The van der Waals surface area contributed by atoms with Crippen LogP contribution in [-0.4, -0.2) is 36.7 Å². The van der Waals surface area contributed by atoms with Gasteiger partial charge in [-0.3, -0.25) is 4.57 Å². The van der Waals surface area contributed by atoms with E-state index in [0.717, 1.165) is 24.0 Å². The van der Waals surface area contributed by atoms with Crippen LogP contribution in [0.15, 0.2) is 73.1 Å². The molecule has 2 bridgehead atoms. The van der Waals surface area contributed by atoms with Crippen LogP contribution >= 0.6 is 0 Å². The molecule has 2 fully saturated rings. The number of rotatable bonds is 6. The number of halogens is 1. The molecular weight excluding hydrogens is 455 g/mol. The van der Waals surface area contributed by atoms with Crippen LogP contribution < -0.4 is 10.6 Å². The summed E-state index contributed by atoms with van der Waals surface area (Å²) in [7, 11) is 0. The second kappa shape index (κ2) is 9.11. The number of fused-ring (bicyclic) bond motifs is 2. The fourth-order valence-electron chi connectivity index (χ4n) is 5.49. The number of hydrogen-bond acceptors (Lipinski definition) is 6. The summed E-state index contributed by atoms with van der Waals surface area (Å²) in [5.41, 5.74) is 1.47. The van der Waals surface area contributed by atoms with E-state index in [0.29, 0.717) is 48.2 Å². The van der Waals surface area contributed by atoms with E-state index < -0.39 is 5.60 Å². The third-order valence-corrected chi connectivity index (χ3v) is 7.32. The van der Waals surface area contributed by atoms with Crippen molar-refractivity contribution in [2.75, 3.05) is 5.32 Å². The highest BCUT2D eigenvalue weighted by Crippen LogP contribution is 2.41. The highest BCUT2D eigenvalue weighted by atomic mass is 19.1. The molecule has 2 aromatic heterocycles. The van der Waals surface area contributed by atoms with Crippen LogP contribution in [0.3, 0.4) is 0 Å². The number of hydrogen-bond donors (Lipinski definition) is 3. The third-order valence-electron chi connectivity index (χ3n) is 7.32. The Morgan fingerprint density at radius 3 is 2.47 bits per heavy atom. The SMILES string of the molecule is C[C@H](Nc1nccc(-n2cc(C3(O)C[C@H]4CC[C@@H](C3)N4)nc2-c2ccc(F)cc2)n1)c1ccccc1. The smallest absolute Gasteiger partial charge is 0.225 e. The van der Waals surface area contributed by atoms with E-state index in [4.69, 9.17) is 9.97 Å². The van der Waals surface area contributed by atoms with Crippen molar-refractivity contribution in [2.45, 2.75) is 56.3 Å². The monoisotopic (exact) mass is 484 g/mol. The number of aliphatic hydroxyl groups is 1. The van der Waals surface area contributed by atoms with Gasteiger partial charge < -0.3 is 15.7 Å². The molecule has 1 unspecified atom stereocenters. The molecular formula is C28H29FN6O. The lowest BCUT2D eigenvalue weighted by Crippen LogP contribution is -2.46. The van der Waals surface area contributed by atoms with Crippen LogP contribution in [0.5, 0.6) is 0 Å². The van der Waals surface area contributed by atoms with Crippen LogP contribution in [0.4, 0.5) is 10.3 Å². The number of imidazole rings is 1. The average Bonchev–Trinajstić information content (AvgIpc) is 3.49. The van der Waals surface area contributed by atoms with Gasteiger partial charge in [-0.1, -0.05) is 30.3 Å². The largest absolute Gasteiger partial charge is 0.383 e. The van der Waals surface area contributed by atoms with Crippen molar-refractivity contribution in [3.8, 4) is 17.2 Å². The van der Waals surface area contributed by atoms with Crippen LogP contribution in [0.25, 0.3) is 17.2 Å². The van der Waals surface area contributed by atoms with Gasteiger partial charge in [-0.05, 0) is 68.5 Å². The van der Waals surface area contributed by atoms with Gasteiger partial charge in [-0.25, -0.2) is 14.4 Å². The minimum absolute atomic E-state index is 0.0160. The summed E-state index contributed by atoms with van der Waals surface area (Å²) in [6.07, 6.45) is 6.95. The number of aromatic nitrogens is 4. The summed E-state index contributed by atoms with van der Waals surface area (Å²) in [5, 5.41) is 18.6. The number of benzene rings is 2. The molecule has 2 aromatic carbocycles. The maximum Gasteiger partial charge on any atom is 0.225 e. The van der Waals surface area contributed by atoms with Gasteiger partial charge in [0.25, 0.3) is 0 Å². The summed E-state index contributed by atoms with van der Waals surface area (Å²) in [6.45, 7) is 2.06. The molecule has 7 nitrogen and oxygen atoms in total. The van der Waals surface area contributed by atoms with Crippen LogP contribution in [0.1, 0.15) is 49.9 Å². The first kappa shape index (κ1) is 22.8. The van der Waals surface area contributed by atoms with Crippen molar-refractivity contribution in [3.05, 3.63) is 90.1 Å². The molecule has 2 saturated heterocycles. The van der Waals surface area contributed by atoms with Crippen molar-refractivity contribution in [2.24, 2.45) is 0 Å². The van der Waals surface area contributed by atoms with E-state index >= 15 is 0 Å². The summed E-state index contributed by atoms with van der Waals surface area (Å²) in [5.74, 6) is 1.40. The van der Waals surface area contributed by atoms with Crippen molar-refractivity contribution in [1.29, 1.82) is 0 Å². The second-order valence-corrected chi connectivity index (χ2v) is 9.92. The summed E-state index contributed by atoms with van der Waals surface area (Å²) in [4.78, 5) is 14.1. The maximum atomic E-state index is 13.7. The Balaban J connectivity index is 1.38. The van der Waals surface area contributed by atoms with E-state index in [1.807, 2.05) is 35.0 Å². The fourth-order valence-corrected chi connectivity index (χ4v) is 5.49. The van der Waals surface area contributed by atoms with Crippen LogP contribution in [-0.2, 0) is 5.60 Å². The van der Waals surface area contributed by atoms with Gasteiger partial charge in [0.05, 0.1) is 11.7 Å². The molecule has 0 saturated carbocycles. The summed E-state index contributed by atoms with van der Waals surface area (Å²) < 4.78 is 15.6. The third kappa shape index (κ3) is 4.38. The lowest BCUT2D eigenvalue weighted by molar-refractivity contribution is -0.0149. The Hall–Kier alpha value is -3.62. The van der Waals surface area contributed by atoms with E-state index in [9.17, 15) is 9.50 Å². The summed E-state index contributed by atoms with van der Waals surface area (Å²) >= 11 is 0. The Kier molecular flexibility index (Phi) is 5.78.